The maximum Gasteiger partial charge on any atom is 0.246 e. The molecule has 5 heteroatoms. The number of nitrogens with one attached hydrogen (secondary N) is 1. The van der Waals surface area contributed by atoms with Gasteiger partial charge in [-0.15, -0.1) is 0 Å². The van der Waals surface area contributed by atoms with E-state index < -0.39 is 0 Å². The number of amides is 1. The Bertz CT molecular complexity index is 694. The third kappa shape index (κ3) is 9.25. The van der Waals surface area contributed by atoms with Crippen molar-refractivity contribution in [1.29, 1.82) is 0 Å². The second kappa shape index (κ2) is 13.9. The Balaban J connectivity index is 1.69. The molecule has 0 fully saturated rings. The van der Waals surface area contributed by atoms with Crippen LogP contribution in [0.5, 0.6) is 0 Å². The lowest BCUT2D eigenvalue weighted by molar-refractivity contribution is -0.121. The zero-order chi connectivity index (χ0) is 20.7. The van der Waals surface area contributed by atoms with E-state index in [-0.39, 0.29) is 12.5 Å². The maximum atomic E-state index is 11.7. The third-order valence-electron chi connectivity index (χ3n) is 5.19. The summed E-state index contributed by atoms with van der Waals surface area (Å²) in [6.07, 6.45) is 14.3. The number of rotatable bonds is 15. The van der Waals surface area contributed by atoms with E-state index in [1.165, 1.54) is 56.9 Å². The molecule has 1 heterocycles. The lowest BCUT2D eigenvalue weighted by Crippen LogP contribution is -2.22. The fourth-order valence-corrected chi connectivity index (χ4v) is 3.33. The molecule has 1 amide bonds. The molecule has 1 N–H and O–H groups in total. The van der Waals surface area contributed by atoms with Crippen LogP contribution in [-0.2, 0) is 17.8 Å². The average Bonchev–Trinajstić information content (AvgIpc) is 3.22. The summed E-state index contributed by atoms with van der Waals surface area (Å²) in [6.45, 7) is 4.61. The topological polar surface area (TPSA) is 68.0 Å². The van der Waals surface area contributed by atoms with Crippen LogP contribution < -0.4 is 5.32 Å². The van der Waals surface area contributed by atoms with Crippen molar-refractivity contribution < 1.29 is 9.32 Å². The van der Waals surface area contributed by atoms with Gasteiger partial charge >= 0.3 is 0 Å². The summed E-state index contributed by atoms with van der Waals surface area (Å²) in [5, 5.41) is 6.86. The van der Waals surface area contributed by atoms with E-state index in [0.717, 1.165) is 24.8 Å². The highest BCUT2D eigenvalue weighted by Gasteiger charge is 2.10. The molecule has 1 aromatic heterocycles. The number of carbonyl (C=O) groups excluding carboxylic acids is 1. The number of aromatic nitrogens is 2. The number of hydrogen-bond donors (Lipinski definition) is 1. The summed E-state index contributed by atoms with van der Waals surface area (Å²) < 4.78 is 5.26. The molecule has 0 aliphatic heterocycles. The molecule has 0 aliphatic carbocycles. The SMILES string of the molecule is CCCCCCCCCCc1ccc(-c2noc(CNC(=O)CCCC)n2)cc1. The van der Waals surface area contributed by atoms with Gasteiger partial charge in [0.05, 0.1) is 6.54 Å². The molecule has 0 saturated heterocycles. The summed E-state index contributed by atoms with van der Waals surface area (Å²) in [5.74, 6) is 1.03. The van der Waals surface area contributed by atoms with Crippen molar-refractivity contribution in [3.05, 3.63) is 35.7 Å². The molecule has 1 aromatic carbocycles. The van der Waals surface area contributed by atoms with Crippen LogP contribution in [0.25, 0.3) is 11.4 Å². The Morgan fingerprint density at radius 2 is 1.55 bits per heavy atom. The number of carbonyl (C=O) groups is 1. The first kappa shape index (κ1) is 23.1. The Hall–Kier alpha value is -2.17. The molecule has 0 radical (unpaired) electrons. The second-order valence-electron chi connectivity index (χ2n) is 7.81. The summed E-state index contributed by atoms with van der Waals surface area (Å²) >= 11 is 0. The Morgan fingerprint density at radius 3 is 2.24 bits per heavy atom. The predicted octanol–water partition coefficient (Wildman–Crippen LogP) is 6.23. The van der Waals surface area contributed by atoms with Crippen molar-refractivity contribution in [3.63, 3.8) is 0 Å². The van der Waals surface area contributed by atoms with E-state index >= 15 is 0 Å². The summed E-state index contributed by atoms with van der Waals surface area (Å²) in [6, 6.07) is 8.40. The monoisotopic (exact) mass is 399 g/mol. The van der Waals surface area contributed by atoms with Crippen LogP contribution in [0.1, 0.15) is 95.9 Å². The highest BCUT2D eigenvalue weighted by Crippen LogP contribution is 2.18. The summed E-state index contributed by atoms with van der Waals surface area (Å²) in [5.41, 5.74) is 2.30. The third-order valence-corrected chi connectivity index (χ3v) is 5.19. The fraction of sp³-hybridized carbons (Fsp3) is 0.625. The van der Waals surface area contributed by atoms with E-state index in [0.29, 0.717) is 18.1 Å². The fourth-order valence-electron chi connectivity index (χ4n) is 3.33. The van der Waals surface area contributed by atoms with Gasteiger partial charge in [0, 0.05) is 12.0 Å². The van der Waals surface area contributed by atoms with Crippen molar-refractivity contribution in [2.24, 2.45) is 0 Å². The number of unbranched alkanes of at least 4 members (excludes halogenated alkanes) is 8. The van der Waals surface area contributed by atoms with Gasteiger partial charge in [0.1, 0.15) is 0 Å². The summed E-state index contributed by atoms with van der Waals surface area (Å²) in [4.78, 5) is 16.1. The van der Waals surface area contributed by atoms with Crippen molar-refractivity contribution in [2.45, 2.75) is 97.4 Å². The van der Waals surface area contributed by atoms with E-state index in [4.69, 9.17) is 4.52 Å². The zero-order valence-electron chi connectivity index (χ0n) is 18.2. The number of aryl methyl sites for hydroxylation is 1. The molecular weight excluding hydrogens is 362 g/mol. The first-order valence-electron chi connectivity index (χ1n) is 11.4. The van der Waals surface area contributed by atoms with Gasteiger partial charge in [-0.05, 0) is 24.8 Å². The van der Waals surface area contributed by atoms with E-state index in [2.05, 4.69) is 53.6 Å². The Kier molecular flexibility index (Phi) is 11.1. The van der Waals surface area contributed by atoms with E-state index in [9.17, 15) is 4.79 Å². The van der Waals surface area contributed by atoms with Crippen LogP contribution in [-0.4, -0.2) is 16.0 Å². The minimum Gasteiger partial charge on any atom is -0.347 e. The molecule has 0 spiro atoms. The maximum absolute atomic E-state index is 11.7. The molecule has 5 nitrogen and oxygen atoms in total. The van der Waals surface area contributed by atoms with Gasteiger partial charge in [0.25, 0.3) is 0 Å². The summed E-state index contributed by atoms with van der Waals surface area (Å²) in [7, 11) is 0. The number of benzene rings is 1. The first-order chi connectivity index (χ1) is 14.2. The van der Waals surface area contributed by atoms with Crippen LogP contribution in [0.3, 0.4) is 0 Å². The van der Waals surface area contributed by atoms with Crippen molar-refractivity contribution in [2.75, 3.05) is 0 Å². The zero-order valence-corrected chi connectivity index (χ0v) is 18.2. The van der Waals surface area contributed by atoms with Gasteiger partial charge < -0.3 is 9.84 Å². The minimum absolute atomic E-state index is 0.0249. The highest BCUT2D eigenvalue weighted by molar-refractivity contribution is 5.75. The molecule has 0 atom stereocenters. The molecule has 0 saturated carbocycles. The van der Waals surface area contributed by atoms with Gasteiger partial charge in [-0.2, -0.15) is 4.98 Å². The molecule has 0 unspecified atom stereocenters. The standard InChI is InChI=1S/C24H37N3O2/c1-3-5-7-8-9-10-11-12-13-20-15-17-21(18-16-20)24-26-23(29-27-24)19-25-22(28)14-6-4-2/h15-18H,3-14,19H2,1-2H3,(H,25,28). The molecule has 0 bridgehead atoms. The highest BCUT2D eigenvalue weighted by atomic mass is 16.5. The van der Waals surface area contributed by atoms with E-state index in [1.54, 1.807) is 0 Å². The molecular formula is C24H37N3O2. The Morgan fingerprint density at radius 1 is 0.897 bits per heavy atom. The van der Waals surface area contributed by atoms with Gasteiger partial charge in [0.2, 0.25) is 17.6 Å². The van der Waals surface area contributed by atoms with Gasteiger partial charge in [0.15, 0.2) is 0 Å². The lowest BCUT2D eigenvalue weighted by Gasteiger charge is -2.03. The Labute approximate surface area is 175 Å². The van der Waals surface area contributed by atoms with Gasteiger partial charge in [-0.25, -0.2) is 0 Å². The lowest BCUT2D eigenvalue weighted by atomic mass is 10.0. The smallest absolute Gasteiger partial charge is 0.246 e. The number of hydrogen-bond acceptors (Lipinski definition) is 4. The molecule has 2 aromatic rings. The van der Waals surface area contributed by atoms with Crippen LogP contribution in [0.4, 0.5) is 0 Å². The van der Waals surface area contributed by atoms with Crippen LogP contribution in [0, 0.1) is 0 Å². The molecule has 0 aliphatic rings. The van der Waals surface area contributed by atoms with Crippen molar-refractivity contribution in [1.82, 2.24) is 15.5 Å². The van der Waals surface area contributed by atoms with Crippen LogP contribution in [0.2, 0.25) is 0 Å². The quantitative estimate of drug-likeness (QED) is 0.361. The largest absolute Gasteiger partial charge is 0.347 e. The van der Waals surface area contributed by atoms with Crippen LogP contribution >= 0.6 is 0 Å². The second-order valence-corrected chi connectivity index (χ2v) is 7.81. The molecule has 29 heavy (non-hydrogen) atoms. The molecule has 2 rings (SSSR count). The minimum atomic E-state index is 0.0249. The van der Waals surface area contributed by atoms with Crippen molar-refractivity contribution >= 4 is 5.91 Å². The molecule has 160 valence electrons. The number of nitrogens with zero attached hydrogens (tertiary/aromatic N) is 2. The predicted molar refractivity (Wildman–Crippen MR) is 117 cm³/mol. The van der Waals surface area contributed by atoms with E-state index in [1.807, 2.05) is 0 Å². The first-order valence-corrected chi connectivity index (χ1v) is 11.4. The van der Waals surface area contributed by atoms with Gasteiger partial charge in [-0.3, -0.25) is 4.79 Å². The average molecular weight is 400 g/mol. The van der Waals surface area contributed by atoms with Crippen molar-refractivity contribution in [3.8, 4) is 11.4 Å². The van der Waals surface area contributed by atoms with Gasteiger partial charge in [-0.1, -0.05) is 94.6 Å². The van der Waals surface area contributed by atoms with Crippen LogP contribution in [0.15, 0.2) is 28.8 Å². The normalized spacial score (nSPS) is 11.0.